The predicted molar refractivity (Wildman–Crippen MR) is 73.7 cm³/mol. The van der Waals surface area contributed by atoms with E-state index in [1.807, 2.05) is 13.0 Å². The zero-order chi connectivity index (χ0) is 12.4. The molecule has 0 aromatic heterocycles. The molecule has 1 aliphatic rings. The molecule has 1 aromatic carbocycles. The maximum absolute atomic E-state index is 11.9. The third kappa shape index (κ3) is 3.30. The van der Waals surface area contributed by atoms with Gasteiger partial charge in [-0.3, -0.25) is 4.21 Å². The van der Waals surface area contributed by atoms with Gasteiger partial charge < -0.3 is 10.5 Å². The molecule has 94 valence electrons. The number of ether oxygens (including phenoxy) is 1. The molecule has 2 N–H and O–H groups in total. The lowest BCUT2D eigenvalue weighted by molar-refractivity contribution is 0.354. The third-order valence-electron chi connectivity index (χ3n) is 2.59. The summed E-state index contributed by atoms with van der Waals surface area (Å²) in [6, 6.07) is 4.03. The molecule has 0 aliphatic carbocycles. The number of hydrogen-bond donors (Lipinski definition) is 1. The van der Waals surface area contributed by atoms with Gasteiger partial charge in [0.25, 0.3) is 0 Å². The summed E-state index contributed by atoms with van der Waals surface area (Å²) in [7, 11) is -0.928. The zero-order valence-corrected chi connectivity index (χ0v) is 12.1. The van der Waals surface area contributed by atoms with E-state index in [9.17, 15) is 4.21 Å². The van der Waals surface area contributed by atoms with Crippen LogP contribution < -0.4 is 10.5 Å². The lowest BCUT2D eigenvalue weighted by Crippen LogP contribution is -2.23. The molecule has 0 saturated carbocycles. The first kappa shape index (κ1) is 13.1. The fourth-order valence-electron chi connectivity index (χ4n) is 1.98. The van der Waals surface area contributed by atoms with E-state index in [0.29, 0.717) is 11.5 Å². The van der Waals surface area contributed by atoms with E-state index in [-0.39, 0.29) is 6.04 Å². The predicted octanol–water partition coefficient (Wildman–Crippen LogP) is 1.98. The maximum Gasteiger partial charge on any atom is 0.126 e. The first-order chi connectivity index (χ1) is 8.06. The number of benzene rings is 1. The average molecular weight is 318 g/mol. The van der Waals surface area contributed by atoms with Crippen molar-refractivity contribution in [3.63, 3.8) is 0 Å². The minimum atomic E-state index is -0.928. The summed E-state index contributed by atoms with van der Waals surface area (Å²) in [5.41, 5.74) is 7.88. The van der Waals surface area contributed by atoms with Gasteiger partial charge in [0.15, 0.2) is 0 Å². The molecule has 0 fully saturated rings. The zero-order valence-electron chi connectivity index (χ0n) is 9.74. The van der Waals surface area contributed by atoms with Crippen LogP contribution in [-0.4, -0.2) is 22.6 Å². The largest absolute Gasteiger partial charge is 0.493 e. The van der Waals surface area contributed by atoms with Gasteiger partial charge in [0.1, 0.15) is 5.75 Å². The molecule has 1 heterocycles. The molecule has 0 amide bonds. The second kappa shape index (κ2) is 5.50. The van der Waals surface area contributed by atoms with E-state index in [1.54, 1.807) is 0 Å². The Morgan fingerprint density at radius 2 is 2.35 bits per heavy atom. The Labute approximate surface area is 112 Å². The Kier molecular flexibility index (Phi) is 4.22. The van der Waals surface area contributed by atoms with Crippen LogP contribution in [0.2, 0.25) is 0 Å². The highest BCUT2D eigenvalue weighted by Crippen LogP contribution is 2.33. The van der Waals surface area contributed by atoms with Crippen molar-refractivity contribution in [3.8, 4) is 5.75 Å². The summed E-state index contributed by atoms with van der Waals surface area (Å²) in [5.74, 6) is 1.97. The Balaban J connectivity index is 2.18. The van der Waals surface area contributed by atoms with Crippen molar-refractivity contribution in [2.45, 2.75) is 25.1 Å². The SMILES string of the molecule is CC(N)CS(=O)Cc1cc(Br)cc2c1OCC2. The molecule has 2 atom stereocenters. The quantitative estimate of drug-likeness (QED) is 0.923. The highest BCUT2D eigenvalue weighted by atomic mass is 79.9. The summed E-state index contributed by atoms with van der Waals surface area (Å²) < 4.78 is 18.5. The van der Waals surface area contributed by atoms with Crippen LogP contribution in [0.1, 0.15) is 18.1 Å². The van der Waals surface area contributed by atoms with Crippen LogP contribution in [0.3, 0.4) is 0 Å². The maximum atomic E-state index is 11.9. The van der Waals surface area contributed by atoms with Crippen molar-refractivity contribution >= 4 is 26.7 Å². The normalized spacial score (nSPS) is 17.4. The van der Waals surface area contributed by atoms with Crippen LogP contribution in [0.5, 0.6) is 5.75 Å². The van der Waals surface area contributed by atoms with Crippen LogP contribution in [-0.2, 0) is 23.0 Å². The van der Waals surface area contributed by atoms with Gasteiger partial charge in [0.2, 0.25) is 0 Å². The van der Waals surface area contributed by atoms with Gasteiger partial charge in [0, 0.05) is 39.1 Å². The van der Waals surface area contributed by atoms with Crippen molar-refractivity contribution in [3.05, 3.63) is 27.7 Å². The second-order valence-electron chi connectivity index (χ2n) is 4.38. The van der Waals surface area contributed by atoms with Crippen molar-refractivity contribution in [1.82, 2.24) is 0 Å². The molecule has 0 spiro atoms. The minimum Gasteiger partial charge on any atom is -0.493 e. The van der Waals surface area contributed by atoms with Gasteiger partial charge in [-0.25, -0.2) is 0 Å². The number of fused-ring (bicyclic) bond motifs is 1. The van der Waals surface area contributed by atoms with E-state index in [4.69, 9.17) is 10.5 Å². The molecule has 17 heavy (non-hydrogen) atoms. The fourth-order valence-corrected chi connectivity index (χ4v) is 3.80. The highest BCUT2D eigenvalue weighted by Gasteiger charge is 2.19. The van der Waals surface area contributed by atoms with Gasteiger partial charge in [0.05, 0.1) is 12.4 Å². The number of nitrogens with two attached hydrogens (primary N) is 1. The van der Waals surface area contributed by atoms with Gasteiger partial charge >= 0.3 is 0 Å². The van der Waals surface area contributed by atoms with Crippen LogP contribution in [0.4, 0.5) is 0 Å². The monoisotopic (exact) mass is 317 g/mol. The molecule has 3 nitrogen and oxygen atoms in total. The molecular formula is C12H16BrNO2S. The summed E-state index contributed by atoms with van der Waals surface area (Å²) in [5, 5.41) is 0. The van der Waals surface area contributed by atoms with E-state index in [1.165, 1.54) is 5.56 Å². The molecule has 0 bridgehead atoms. The van der Waals surface area contributed by atoms with Crippen molar-refractivity contribution in [2.24, 2.45) is 5.73 Å². The van der Waals surface area contributed by atoms with Crippen molar-refractivity contribution in [1.29, 1.82) is 0 Å². The number of rotatable bonds is 4. The highest BCUT2D eigenvalue weighted by molar-refractivity contribution is 9.10. The van der Waals surface area contributed by atoms with Crippen LogP contribution in [0.15, 0.2) is 16.6 Å². The Morgan fingerprint density at radius 1 is 1.59 bits per heavy atom. The molecule has 1 aliphatic heterocycles. The standard InChI is InChI=1S/C12H16BrNO2S/c1-8(14)6-17(15)7-10-5-11(13)4-9-2-3-16-12(9)10/h4-5,8H,2-3,6-7,14H2,1H3. The van der Waals surface area contributed by atoms with Crippen molar-refractivity contribution < 1.29 is 8.95 Å². The first-order valence-corrected chi connectivity index (χ1v) is 7.89. The second-order valence-corrected chi connectivity index (χ2v) is 6.80. The van der Waals surface area contributed by atoms with E-state index in [2.05, 4.69) is 22.0 Å². The van der Waals surface area contributed by atoms with Gasteiger partial charge in [-0.05, 0) is 24.6 Å². The van der Waals surface area contributed by atoms with Gasteiger partial charge in [-0.15, -0.1) is 0 Å². The summed E-state index contributed by atoms with van der Waals surface area (Å²) >= 11 is 3.48. The smallest absolute Gasteiger partial charge is 0.126 e. The number of halogens is 1. The van der Waals surface area contributed by atoms with E-state index in [0.717, 1.165) is 28.8 Å². The van der Waals surface area contributed by atoms with E-state index >= 15 is 0 Å². The Morgan fingerprint density at radius 3 is 3.06 bits per heavy atom. The van der Waals surface area contributed by atoms with Crippen molar-refractivity contribution in [2.75, 3.05) is 12.4 Å². The Hall–Kier alpha value is -0.390. The summed E-state index contributed by atoms with van der Waals surface area (Å²) in [6.07, 6.45) is 0.932. The lowest BCUT2D eigenvalue weighted by atomic mass is 10.1. The van der Waals surface area contributed by atoms with E-state index < -0.39 is 10.8 Å². The molecule has 2 unspecified atom stereocenters. The average Bonchev–Trinajstić information content (AvgIpc) is 2.63. The summed E-state index contributed by atoms with van der Waals surface area (Å²) in [6.45, 7) is 2.60. The molecular weight excluding hydrogens is 302 g/mol. The molecule has 0 radical (unpaired) electrons. The lowest BCUT2D eigenvalue weighted by Gasteiger charge is -2.10. The minimum absolute atomic E-state index is 0.0306. The molecule has 5 heteroatoms. The first-order valence-electron chi connectivity index (χ1n) is 5.61. The fraction of sp³-hybridized carbons (Fsp3) is 0.500. The summed E-state index contributed by atoms with van der Waals surface area (Å²) in [4.78, 5) is 0. The van der Waals surface area contributed by atoms with Gasteiger partial charge in [-0.2, -0.15) is 0 Å². The molecule has 1 aromatic rings. The van der Waals surface area contributed by atoms with Crippen LogP contribution in [0.25, 0.3) is 0 Å². The third-order valence-corrected chi connectivity index (χ3v) is 4.58. The topological polar surface area (TPSA) is 52.3 Å². The number of hydrogen-bond acceptors (Lipinski definition) is 3. The Bertz CT molecular complexity index is 448. The van der Waals surface area contributed by atoms with Gasteiger partial charge in [-0.1, -0.05) is 15.9 Å². The molecule has 0 saturated heterocycles. The van der Waals surface area contributed by atoms with Crippen LogP contribution >= 0.6 is 15.9 Å². The van der Waals surface area contributed by atoms with Crippen LogP contribution in [0, 0.1) is 0 Å². The molecule has 2 rings (SSSR count).